The molecule has 0 amide bonds. The Morgan fingerprint density at radius 2 is 1.82 bits per heavy atom. The van der Waals surface area contributed by atoms with Crippen LogP contribution in [0.3, 0.4) is 0 Å². The highest BCUT2D eigenvalue weighted by molar-refractivity contribution is 4.40. The van der Waals surface area contributed by atoms with E-state index >= 15 is 0 Å². The molecule has 0 unspecified atom stereocenters. The predicted molar refractivity (Wildman–Crippen MR) is 43.2 cm³/mol. The summed E-state index contributed by atoms with van der Waals surface area (Å²) in [7, 11) is 0. The van der Waals surface area contributed by atoms with Gasteiger partial charge in [-0.2, -0.15) is 0 Å². The molecule has 11 heavy (non-hydrogen) atoms. The number of hydrogen-bond acceptors (Lipinski definition) is 3. The van der Waals surface area contributed by atoms with Crippen molar-refractivity contribution in [2.75, 3.05) is 13.2 Å². The first kappa shape index (κ1) is 10.9. The predicted octanol–water partition coefficient (Wildman–Crippen LogP) is 0.894. The molecule has 1 aliphatic heterocycles. The standard InChI is InChI=1S/C6H14O2.C2H4O/c1-2-3-4-5-6(7)8;1-2-3-1/h6-8H,2-5H2,1H3;1-2H2. The third-order valence-corrected chi connectivity index (χ3v) is 1.27. The topological polar surface area (TPSA) is 53.0 Å². The van der Waals surface area contributed by atoms with Gasteiger partial charge in [-0.25, -0.2) is 0 Å². The highest BCUT2D eigenvalue weighted by Crippen LogP contribution is 1.99. The van der Waals surface area contributed by atoms with Gasteiger partial charge in [0, 0.05) is 0 Å². The van der Waals surface area contributed by atoms with Crippen LogP contribution < -0.4 is 0 Å². The molecular formula is C8H18O3. The molecule has 1 aliphatic rings. The summed E-state index contributed by atoms with van der Waals surface area (Å²) in [6.07, 6.45) is 2.58. The molecule has 3 heteroatoms. The minimum Gasteiger partial charge on any atom is -0.377 e. The normalized spacial score (nSPS) is 14.2. The van der Waals surface area contributed by atoms with Gasteiger partial charge in [-0.15, -0.1) is 0 Å². The van der Waals surface area contributed by atoms with Crippen molar-refractivity contribution >= 4 is 0 Å². The number of epoxide rings is 1. The molecule has 1 heterocycles. The van der Waals surface area contributed by atoms with Gasteiger partial charge in [-0.1, -0.05) is 19.8 Å². The second-order valence-corrected chi connectivity index (χ2v) is 2.59. The van der Waals surface area contributed by atoms with E-state index in [2.05, 4.69) is 11.7 Å². The molecule has 0 atom stereocenters. The molecule has 0 bridgehead atoms. The lowest BCUT2D eigenvalue weighted by molar-refractivity contribution is -0.0465. The van der Waals surface area contributed by atoms with Crippen LogP contribution in [0.5, 0.6) is 0 Å². The van der Waals surface area contributed by atoms with Gasteiger partial charge in [-0.05, 0) is 12.8 Å². The van der Waals surface area contributed by atoms with Crippen LogP contribution in [0.1, 0.15) is 32.6 Å². The Bertz CT molecular complexity index is 69.0. The lowest BCUT2D eigenvalue weighted by atomic mass is 10.2. The van der Waals surface area contributed by atoms with Crippen LogP contribution in [0.15, 0.2) is 0 Å². The van der Waals surface area contributed by atoms with Crippen LogP contribution in [0, 0.1) is 0 Å². The SMILES string of the molecule is C1CO1.CCCCCC(O)O. The minimum atomic E-state index is -1.10. The number of aliphatic hydroxyl groups excluding tert-OH is 1. The van der Waals surface area contributed by atoms with Crippen LogP contribution in [-0.2, 0) is 4.74 Å². The van der Waals surface area contributed by atoms with Gasteiger partial charge in [0.05, 0.1) is 13.2 Å². The van der Waals surface area contributed by atoms with Crippen molar-refractivity contribution in [2.45, 2.75) is 38.9 Å². The van der Waals surface area contributed by atoms with Crippen molar-refractivity contribution in [2.24, 2.45) is 0 Å². The zero-order chi connectivity index (χ0) is 8.53. The maximum Gasteiger partial charge on any atom is 0.151 e. The van der Waals surface area contributed by atoms with Crippen molar-refractivity contribution in [1.82, 2.24) is 0 Å². The summed E-state index contributed by atoms with van der Waals surface area (Å²) in [5.41, 5.74) is 0. The summed E-state index contributed by atoms with van der Waals surface area (Å²) in [6.45, 7) is 4.09. The van der Waals surface area contributed by atoms with Gasteiger partial charge in [0.15, 0.2) is 6.29 Å². The van der Waals surface area contributed by atoms with Crippen molar-refractivity contribution < 1.29 is 14.9 Å². The Hall–Kier alpha value is -0.120. The van der Waals surface area contributed by atoms with Gasteiger partial charge in [0.25, 0.3) is 0 Å². The van der Waals surface area contributed by atoms with Crippen molar-refractivity contribution in [3.8, 4) is 0 Å². The molecule has 1 fully saturated rings. The average Bonchev–Trinajstić information content (AvgIpc) is 2.71. The van der Waals surface area contributed by atoms with Gasteiger partial charge < -0.3 is 14.9 Å². The lowest BCUT2D eigenvalue weighted by Gasteiger charge is -1.99. The molecule has 2 N–H and O–H groups in total. The van der Waals surface area contributed by atoms with E-state index in [4.69, 9.17) is 10.2 Å². The molecule has 0 spiro atoms. The first-order chi connectivity index (χ1) is 5.27. The largest absolute Gasteiger partial charge is 0.377 e. The van der Waals surface area contributed by atoms with Crippen LogP contribution >= 0.6 is 0 Å². The van der Waals surface area contributed by atoms with E-state index in [1.165, 1.54) is 0 Å². The summed E-state index contributed by atoms with van der Waals surface area (Å²) in [5.74, 6) is 0. The van der Waals surface area contributed by atoms with E-state index in [0.717, 1.165) is 32.5 Å². The zero-order valence-electron chi connectivity index (χ0n) is 7.12. The molecule has 1 saturated heterocycles. The van der Waals surface area contributed by atoms with E-state index in [1.54, 1.807) is 0 Å². The summed E-state index contributed by atoms with van der Waals surface area (Å²) >= 11 is 0. The van der Waals surface area contributed by atoms with Gasteiger partial charge >= 0.3 is 0 Å². The number of unbranched alkanes of at least 4 members (excludes halogenated alkanes) is 2. The molecule has 68 valence electrons. The first-order valence-corrected chi connectivity index (χ1v) is 4.21. The fraction of sp³-hybridized carbons (Fsp3) is 1.00. The maximum absolute atomic E-state index is 8.33. The Labute approximate surface area is 68.0 Å². The van der Waals surface area contributed by atoms with Gasteiger partial charge in [0.2, 0.25) is 0 Å². The van der Waals surface area contributed by atoms with Crippen LogP contribution in [0.4, 0.5) is 0 Å². The number of aliphatic hydroxyl groups is 2. The molecule has 0 saturated carbocycles. The quantitative estimate of drug-likeness (QED) is 0.367. The number of rotatable bonds is 4. The number of ether oxygens (including phenoxy) is 1. The van der Waals surface area contributed by atoms with Crippen molar-refractivity contribution in [3.05, 3.63) is 0 Å². The smallest absolute Gasteiger partial charge is 0.151 e. The van der Waals surface area contributed by atoms with Crippen LogP contribution in [-0.4, -0.2) is 29.7 Å². The maximum atomic E-state index is 8.33. The third kappa shape index (κ3) is 17.7. The van der Waals surface area contributed by atoms with Crippen LogP contribution in [0.25, 0.3) is 0 Å². The summed E-state index contributed by atoms with van der Waals surface area (Å²) in [4.78, 5) is 0. The summed E-state index contributed by atoms with van der Waals surface area (Å²) < 4.78 is 4.50. The third-order valence-electron chi connectivity index (χ3n) is 1.27. The molecule has 0 radical (unpaired) electrons. The molecule has 1 rings (SSSR count). The fourth-order valence-corrected chi connectivity index (χ4v) is 0.577. The highest BCUT2D eigenvalue weighted by atomic mass is 16.6. The van der Waals surface area contributed by atoms with Gasteiger partial charge in [-0.3, -0.25) is 0 Å². The zero-order valence-corrected chi connectivity index (χ0v) is 7.12. The van der Waals surface area contributed by atoms with Crippen molar-refractivity contribution in [3.63, 3.8) is 0 Å². The first-order valence-electron chi connectivity index (χ1n) is 4.21. The van der Waals surface area contributed by atoms with Crippen LogP contribution in [0.2, 0.25) is 0 Å². The van der Waals surface area contributed by atoms with E-state index in [1.807, 2.05) is 0 Å². The Balaban J connectivity index is 0.000000271. The Morgan fingerprint density at radius 1 is 1.27 bits per heavy atom. The molecule has 0 aromatic heterocycles. The van der Waals surface area contributed by atoms with Gasteiger partial charge in [0.1, 0.15) is 0 Å². The van der Waals surface area contributed by atoms with E-state index in [-0.39, 0.29) is 0 Å². The minimum absolute atomic E-state index is 0.522. The monoisotopic (exact) mass is 162 g/mol. The van der Waals surface area contributed by atoms with Crippen molar-refractivity contribution in [1.29, 1.82) is 0 Å². The Kier molecular flexibility index (Phi) is 7.89. The van der Waals surface area contributed by atoms with E-state index in [0.29, 0.717) is 6.42 Å². The second kappa shape index (κ2) is 7.98. The summed E-state index contributed by atoms with van der Waals surface area (Å²) in [6, 6.07) is 0. The Morgan fingerprint density at radius 3 is 2.09 bits per heavy atom. The highest BCUT2D eigenvalue weighted by Gasteiger charge is 1.94. The molecule has 0 aromatic rings. The molecule has 0 aromatic carbocycles. The summed E-state index contributed by atoms with van der Waals surface area (Å²) in [5, 5.41) is 16.7. The number of hydrogen-bond donors (Lipinski definition) is 2. The van der Waals surface area contributed by atoms with E-state index < -0.39 is 6.29 Å². The molecular weight excluding hydrogens is 144 g/mol. The van der Waals surface area contributed by atoms with E-state index in [9.17, 15) is 0 Å². The lowest BCUT2D eigenvalue weighted by Crippen LogP contribution is -2.02. The second-order valence-electron chi connectivity index (χ2n) is 2.59. The molecule has 3 nitrogen and oxygen atoms in total. The fourth-order valence-electron chi connectivity index (χ4n) is 0.577. The average molecular weight is 162 g/mol. The molecule has 0 aliphatic carbocycles.